The fraction of sp³-hybridized carbons (Fsp3) is 0.250. The van der Waals surface area contributed by atoms with E-state index in [1.165, 1.54) is 12.1 Å². The Balaban J connectivity index is 2.42. The summed E-state index contributed by atoms with van der Waals surface area (Å²) in [5.41, 5.74) is -2.27. The quantitative estimate of drug-likeness (QED) is 0.580. The van der Waals surface area contributed by atoms with E-state index in [-0.39, 0.29) is 18.4 Å². The molecule has 0 radical (unpaired) electrons. The summed E-state index contributed by atoms with van der Waals surface area (Å²) in [4.78, 5) is 34.8. The first-order valence-corrected chi connectivity index (χ1v) is 4.95. The second-order valence-electron chi connectivity index (χ2n) is 3.75. The summed E-state index contributed by atoms with van der Waals surface area (Å²) in [5, 5.41) is 9.90. The topological polar surface area (TPSA) is 71.4 Å². The molecule has 4 nitrogen and oxygen atoms in total. The number of benzene rings is 1. The van der Waals surface area contributed by atoms with Crippen LogP contribution in [0.4, 0.5) is 0 Å². The molecule has 0 aliphatic heterocycles. The first-order valence-electron chi connectivity index (χ1n) is 4.95. The predicted octanol–water partition coefficient (Wildman–Crippen LogP) is 0.532. The van der Waals surface area contributed by atoms with Crippen LogP contribution in [-0.4, -0.2) is 28.1 Å². The minimum atomic E-state index is -2.44. The van der Waals surface area contributed by atoms with Gasteiger partial charge in [0.05, 0.1) is 0 Å². The van der Waals surface area contributed by atoms with E-state index in [9.17, 15) is 19.5 Å². The molecular weight excluding hydrogens is 208 g/mol. The molecule has 0 amide bonds. The molecule has 1 aromatic carbocycles. The molecule has 0 unspecified atom stereocenters. The zero-order valence-corrected chi connectivity index (χ0v) is 8.47. The lowest BCUT2D eigenvalue weighted by molar-refractivity contribution is -0.139. The maximum atomic E-state index is 11.9. The molecule has 2 rings (SSSR count). The lowest BCUT2D eigenvalue weighted by Crippen LogP contribution is -2.48. The predicted molar refractivity (Wildman–Crippen MR) is 55.0 cm³/mol. The summed E-state index contributed by atoms with van der Waals surface area (Å²) in [6.07, 6.45) is -0.123. The van der Waals surface area contributed by atoms with Gasteiger partial charge in [-0.2, -0.15) is 0 Å². The minimum absolute atomic E-state index is 0.0616. The second-order valence-corrected chi connectivity index (χ2v) is 3.75. The molecule has 1 aliphatic rings. The molecule has 1 aliphatic carbocycles. The van der Waals surface area contributed by atoms with Crippen LogP contribution < -0.4 is 0 Å². The number of aliphatic hydroxyl groups is 1. The summed E-state index contributed by atoms with van der Waals surface area (Å²) >= 11 is 0. The second kappa shape index (κ2) is 3.64. The van der Waals surface area contributed by atoms with Crippen molar-refractivity contribution in [2.24, 2.45) is 0 Å². The number of hydrogen-bond donors (Lipinski definition) is 1. The third kappa shape index (κ3) is 1.39. The maximum Gasteiger partial charge on any atom is 0.245 e. The average Bonchev–Trinajstić information content (AvgIpc) is 2.58. The number of rotatable bonds is 2. The van der Waals surface area contributed by atoms with Crippen LogP contribution in [0, 0.1) is 0 Å². The first kappa shape index (κ1) is 10.7. The van der Waals surface area contributed by atoms with E-state index < -0.39 is 23.0 Å². The van der Waals surface area contributed by atoms with Crippen LogP contribution in [0.15, 0.2) is 30.3 Å². The number of Topliss-reactive ketones (excluding diaryl/α,β-unsaturated/α-hetero) is 3. The van der Waals surface area contributed by atoms with E-state index >= 15 is 0 Å². The lowest BCUT2D eigenvalue weighted by Gasteiger charge is -2.16. The smallest absolute Gasteiger partial charge is 0.245 e. The molecule has 0 bridgehead atoms. The van der Waals surface area contributed by atoms with Gasteiger partial charge in [-0.15, -0.1) is 0 Å². The molecule has 0 heterocycles. The van der Waals surface area contributed by atoms with E-state index in [1.54, 1.807) is 18.2 Å². The van der Waals surface area contributed by atoms with Crippen molar-refractivity contribution in [2.45, 2.75) is 18.4 Å². The van der Waals surface area contributed by atoms with Crippen molar-refractivity contribution in [3.8, 4) is 0 Å². The Morgan fingerprint density at radius 2 is 1.56 bits per heavy atom. The summed E-state index contributed by atoms with van der Waals surface area (Å²) in [7, 11) is 0. The fourth-order valence-electron chi connectivity index (χ4n) is 1.80. The van der Waals surface area contributed by atoms with Gasteiger partial charge in [0, 0.05) is 18.4 Å². The molecular formula is C12H10O4. The highest BCUT2D eigenvalue weighted by atomic mass is 16.3. The highest BCUT2D eigenvalue weighted by Gasteiger charge is 2.54. The van der Waals surface area contributed by atoms with Gasteiger partial charge >= 0.3 is 0 Å². The van der Waals surface area contributed by atoms with Crippen LogP contribution in [0.1, 0.15) is 23.2 Å². The first-order chi connectivity index (χ1) is 7.56. The molecule has 1 saturated carbocycles. The molecule has 0 spiro atoms. The third-order valence-corrected chi connectivity index (χ3v) is 2.75. The van der Waals surface area contributed by atoms with E-state index in [0.717, 1.165) is 0 Å². The highest BCUT2D eigenvalue weighted by Crippen LogP contribution is 2.26. The van der Waals surface area contributed by atoms with Crippen LogP contribution in [0.5, 0.6) is 0 Å². The van der Waals surface area contributed by atoms with Gasteiger partial charge in [0.15, 0.2) is 11.6 Å². The van der Waals surface area contributed by atoms with Crippen molar-refractivity contribution in [3.63, 3.8) is 0 Å². The van der Waals surface area contributed by atoms with Gasteiger partial charge in [-0.05, 0) is 0 Å². The molecule has 0 atom stereocenters. The summed E-state index contributed by atoms with van der Waals surface area (Å²) in [6, 6.07) is 7.87. The summed E-state index contributed by atoms with van der Waals surface area (Å²) in [6.45, 7) is 0. The van der Waals surface area contributed by atoms with Gasteiger partial charge in [-0.3, -0.25) is 14.4 Å². The number of ketones is 3. The molecule has 1 fully saturated rings. The molecule has 1 aromatic rings. The third-order valence-electron chi connectivity index (χ3n) is 2.75. The molecule has 82 valence electrons. The van der Waals surface area contributed by atoms with Crippen LogP contribution in [0.25, 0.3) is 0 Å². The minimum Gasteiger partial charge on any atom is -0.369 e. The number of carbonyl (C=O) groups excluding carboxylic acids is 3. The molecule has 0 aromatic heterocycles. The average molecular weight is 218 g/mol. The molecule has 1 N–H and O–H groups in total. The monoisotopic (exact) mass is 218 g/mol. The van der Waals surface area contributed by atoms with Gasteiger partial charge in [0.1, 0.15) is 0 Å². The fourth-order valence-corrected chi connectivity index (χ4v) is 1.80. The van der Waals surface area contributed by atoms with Crippen LogP contribution in [0.3, 0.4) is 0 Å². The zero-order chi connectivity index (χ0) is 11.8. The Bertz CT molecular complexity index is 445. The molecule has 0 saturated heterocycles. The largest absolute Gasteiger partial charge is 0.369 e. The molecule has 4 heteroatoms. The van der Waals surface area contributed by atoms with E-state index in [0.29, 0.717) is 0 Å². The van der Waals surface area contributed by atoms with Gasteiger partial charge in [-0.1, -0.05) is 30.3 Å². The summed E-state index contributed by atoms with van der Waals surface area (Å²) in [5.74, 6) is -2.22. The Hall–Kier alpha value is -1.81. The normalized spacial score (nSPS) is 18.8. The standard InChI is InChI=1S/C12H10O4/c13-9-6-7-10(14)12(9,16)11(15)8-4-2-1-3-5-8/h1-5,16H,6-7H2. The highest BCUT2D eigenvalue weighted by molar-refractivity contribution is 6.35. The van der Waals surface area contributed by atoms with Crippen LogP contribution >= 0.6 is 0 Å². The van der Waals surface area contributed by atoms with Crippen molar-refractivity contribution in [2.75, 3.05) is 0 Å². The SMILES string of the molecule is O=C1CCC(=O)C1(O)C(=O)c1ccccc1. The van der Waals surface area contributed by atoms with Crippen LogP contribution in [0.2, 0.25) is 0 Å². The Labute approximate surface area is 91.9 Å². The van der Waals surface area contributed by atoms with E-state index in [2.05, 4.69) is 0 Å². The molecule has 16 heavy (non-hydrogen) atoms. The van der Waals surface area contributed by atoms with E-state index in [4.69, 9.17) is 0 Å². The lowest BCUT2D eigenvalue weighted by atomic mass is 9.90. The van der Waals surface area contributed by atoms with Crippen molar-refractivity contribution in [3.05, 3.63) is 35.9 Å². The van der Waals surface area contributed by atoms with Crippen LogP contribution in [-0.2, 0) is 9.59 Å². The number of carbonyl (C=O) groups is 3. The zero-order valence-electron chi connectivity index (χ0n) is 8.47. The van der Waals surface area contributed by atoms with Crippen molar-refractivity contribution >= 4 is 17.3 Å². The Kier molecular flexibility index (Phi) is 2.44. The van der Waals surface area contributed by atoms with Crippen molar-refractivity contribution < 1.29 is 19.5 Å². The van der Waals surface area contributed by atoms with Crippen molar-refractivity contribution in [1.29, 1.82) is 0 Å². The number of hydrogen-bond acceptors (Lipinski definition) is 4. The summed E-state index contributed by atoms with van der Waals surface area (Å²) < 4.78 is 0. The van der Waals surface area contributed by atoms with Gasteiger partial charge < -0.3 is 5.11 Å². The Morgan fingerprint density at radius 3 is 2.06 bits per heavy atom. The van der Waals surface area contributed by atoms with Gasteiger partial charge in [0.25, 0.3) is 0 Å². The Morgan fingerprint density at radius 1 is 1.06 bits per heavy atom. The van der Waals surface area contributed by atoms with E-state index in [1.807, 2.05) is 0 Å². The van der Waals surface area contributed by atoms with Crippen molar-refractivity contribution in [1.82, 2.24) is 0 Å². The van der Waals surface area contributed by atoms with Gasteiger partial charge in [0.2, 0.25) is 11.4 Å². The maximum absolute atomic E-state index is 11.9. The van der Waals surface area contributed by atoms with Gasteiger partial charge in [-0.25, -0.2) is 0 Å².